The summed E-state index contributed by atoms with van der Waals surface area (Å²) in [5.41, 5.74) is 1.23. The van der Waals surface area contributed by atoms with E-state index in [0.717, 1.165) is 44.3 Å². The molecule has 0 heterocycles. The predicted octanol–water partition coefficient (Wildman–Crippen LogP) is 4.82. The summed E-state index contributed by atoms with van der Waals surface area (Å²) >= 11 is 0. The predicted molar refractivity (Wildman–Crippen MR) is 94.2 cm³/mol. The van der Waals surface area contributed by atoms with Gasteiger partial charge in [-0.15, -0.1) is 0 Å². The average molecular weight is 334 g/mol. The number of hydrogen-bond donors (Lipinski definition) is 0. The number of ether oxygens (including phenoxy) is 3. The van der Waals surface area contributed by atoms with Gasteiger partial charge >= 0.3 is 5.97 Å². The number of hydrogen-bond acceptors (Lipinski definition) is 4. The molecule has 1 aromatic rings. The molecular formula is C20H30O4. The van der Waals surface area contributed by atoms with Crippen molar-refractivity contribution in [3.63, 3.8) is 0 Å². The van der Waals surface area contributed by atoms with E-state index in [4.69, 9.17) is 14.2 Å². The SMILES string of the molecule is CCCCCC(=O)O[C@@H]1CCCC[C@H]1c1ccc(OCOC)cc1. The molecule has 0 radical (unpaired) electrons. The van der Waals surface area contributed by atoms with E-state index in [-0.39, 0.29) is 18.9 Å². The fraction of sp³-hybridized carbons (Fsp3) is 0.650. The van der Waals surface area contributed by atoms with Crippen LogP contribution < -0.4 is 4.74 Å². The van der Waals surface area contributed by atoms with Crippen molar-refractivity contribution in [3.05, 3.63) is 29.8 Å². The number of unbranched alkanes of at least 4 members (excludes halogenated alkanes) is 2. The molecule has 1 aliphatic carbocycles. The Labute approximate surface area is 145 Å². The lowest BCUT2D eigenvalue weighted by atomic mass is 9.81. The molecule has 0 aliphatic heterocycles. The normalized spacial score (nSPS) is 20.6. The standard InChI is InChI=1S/C20H30O4/c1-3-4-5-10-20(21)24-19-9-7-6-8-18(19)16-11-13-17(14-12-16)23-15-22-2/h11-14,18-19H,3-10,15H2,1-2H3/t18-,19+/m0/s1. The van der Waals surface area contributed by atoms with Crippen LogP contribution in [0.2, 0.25) is 0 Å². The maximum absolute atomic E-state index is 12.1. The van der Waals surface area contributed by atoms with Crippen molar-refractivity contribution < 1.29 is 19.0 Å². The summed E-state index contributed by atoms with van der Waals surface area (Å²) in [4.78, 5) is 12.1. The van der Waals surface area contributed by atoms with E-state index < -0.39 is 0 Å². The molecule has 2 rings (SSSR count). The van der Waals surface area contributed by atoms with Gasteiger partial charge in [-0.1, -0.05) is 38.3 Å². The van der Waals surface area contributed by atoms with Crippen LogP contribution in [-0.2, 0) is 14.3 Å². The summed E-state index contributed by atoms with van der Waals surface area (Å²) in [5, 5.41) is 0. The molecule has 0 spiro atoms. The van der Waals surface area contributed by atoms with E-state index in [2.05, 4.69) is 19.1 Å². The number of carbonyl (C=O) groups excluding carboxylic acids is 1. The third-order valence-electron chi connectivity index (χ3n) is 4.62. The van der Waals surface area contributed by atoms with Crippen LogP contribution in [0, 0.1) is 0 Å². The molecule has 0 bridgehead atoms. The number of rotatable bonds is 9. The van der Waals surface area contributed by atoms with Gasteiger partial charge in [0.15, 0.2) is 6.79 Å². The smallest absolute Gasteiger partial charge is 0.306 e. The first-order chi connectivity index (χ1) is 11.7. The molecule has 0 aromatic heterocycles. The van der Waals surface area contributed by atoms with Gasteiger partial charge < -0.3 is 14.2 Å². The fourth-order valence-corrected chi connectivity index (χ4v) is 3.30. The number of methoxy groups -OCH3 is 1. The Morgan fingerprint density at radius 2 is 1.88 bits per heavy atom. The number of esters is 1. The van der Waals surface area contributed by atoms with Gasteiger partial charge in [0.25, 0.3) is 0 Å². The second kappa shape index (κ2) is 10.3. The van der Waals surface area contributed by atoms with Gasteiger partial charge in [-0.25, -0.2) is 0 Å². The third-order valence-corrected chi connectivity index (χ3v) is 4.62. The van der Waals surface area contributed by atoms with Gasteiger partial charge in [-0.3, -0.25) is 4.79 Å². The van der Waals surface area contributed by atoms with Crippen molar-refractivity contribution in [2.45, 2.75) is 70.3 Å². The van der Waals surface area contributed by atoms with Gasteiger partial charge in [0, 0.05) is 19.4 Å². The summed E-state index contributed by atoms with van der Waals surface area (Å²) in [6.45, 7) is 2.39. The van der Waals surface area contributed by atoms with Crippen molar-refractivity contribution in [2.24, 2.45) is 0 Å². The quantitative estimate of drug-likeness (QED) is 0.369. The van der Waals surface area contributed by atoms with Crippen LogP contribution in [0.4, 0.5) is 0 Å². The molecular weight excluding hydrogens is 304 g/mol. The van der Waals surface area contributed by atoms with E-state index in [1.165, 1.54) is 12.0 Å². The van der Waals surface area contributed by atoms with Crippen LogP contribution in [0.25, 0.3) is 0 Å². The highest BCUT2D eigenvalue weighted by Gasteiger charge is 2.29. The first-order valence-electron chi connectivity index (χ1n) is 9.15. The van der Waals surface area contributed by atoms with Crippen LogP contribution in [0.1, 0.15) is 69.8 Å². The van der Waals surface area contributed by atoms with E-state index in [1.54, 1.807) is 7.11 Å². The lowest BCUT2D eigenvalue weighted by molar-refractivity contribution is -0.151. The Bertz CT molecular complexity index is 483. The highest BCUT2D eigenvalue weighted by atomic mass is 16.7. The highest BCUT2D eigenvalue weighted by Crippen LogP contribution is 2.36. The van der Waals surface area contributed by atoms with Gasteiger partial charge in [0.2, 0.25) is 0 Å². The van der Waals surface area contributed by atoms with Crippen LogP contribution in [-0.4, -0.2) is 26.0 Å². The van der Waals surface area contributed by atoms with Crippen molar-refractivity contribution in [3.8, 4) is 5.75 Å². The zero-order valence-electron chi connectivity index (χ0n) is 15.0. The lowest BCUT2D eigenvalue weighted by Gasteiger charge is -2.31. The Morgan fingerprint density at radius 1 is 1.12 bits per heavy atom. The first-order valence-corrected chi connectivity index (χ1v) is 9.15. The zero-order chi connectivity index (χ0) is 17.2. The zero-order valence-corrected chi connectivity index (χ0v) is 15.0. The molecule has 1 aromatic carbocycles. The fourth-order valence-electron chi connectivity index (χ4n) is 3.30. The molecule has 0 amide bonds. The van der Waals surface area contributed by atoms with Crippen molar-refractivity contribution >= 4 is 5.97 Å². The molecule has 0 N–H and O–H groups in total. The summed E-state index contributed by atoms with van der Waals surface area (Å²) < 4.78 is 16.2. The molecule has 4 nitrogen and oxygen atoms in total. The van der Waals surface area contributed by atoms with Gasteiger partial charge in [-0.2, -0.15) is 0 Å². The Morgan fingerprint density at radius 3 is 2.58 bits per heavy atom. The summed E-state index contributed by atoms with van der Waals surface area (Å²) in [6.07, 6.45) is 8.06. The van der Waals surface area contributed by atoms with Crippen molar-refractivity contribution in [2.75, 3.05) is 13.9 Å². The van der Waals surface area contributed by atoms with Crippen LogP contribution in [0.3, 0.4) is 0 Å². The maximum atomic E-state index is 12.1. The molecule has 0 saturated heterocycles. The van der Waals surface area contributed by atoms with Gasteiger partial charge in [0.05, 0.1) is 0 Å². The molecule has 24 heavy (non-hydrogen) atoms. The first kappa shape index (κ1) is 18.8. The number of carbonyl (C=O) groups is 1. The molecule has 0 unspecified atom stereocenters. The minimum absolute atomic E-state index is 0.0126. The Balaban J connectivity index is 1.94. The second-order valence-corrected chi connectivity index (χ2v) is 6.50. The number of benzene rings is 1. The maximum Gasteiger partial charge on any atom is 0.306 e. The summed E-state index contributed by atoms with van der Waals surface area (Å²) in [6, 6.07) is 8.09. The van der Waals surface area contributed by atoms with Crippen LogP contribution in [0.15, 0.2) is 24.3 Å². The minimum Gasteiger partial charge on any atom is -0.468 e. The second-order valence-electron chi connectivity index (χ2n) is 6.50. The molecule has 1 fully saturated rings. The van der Waals surface area contributed by atoms with E-state index in [9.17, 15) is 4.79 Å². The Kier molecular flexibility index (Phi) is 8.10. The minimum atomic E-state index is -0.0413. The van der Waals surface area contributed by atoms with Crippen LogP contribution >= 0.6 is 0 Å². The Hall–Kier alpha value is -1.55. The molecule has 1 aliphatic rings. The van der Waals surface area contributed by atoms with Crippen molar-refractivity contribution in [1.82, 2.24) is 0 Å². The highest BCUT2D eigenvalue weighted by molar-refractivity contribution is 5.69. The topological polar surface area (TPSA) is 44.8 Å². The van der Waals surface area contributed by atoms with E-state index in [0.29, 0.717) is 12.3 Å². The van der Waals surface area contributed by atoms with Crippen LogP contribution in [0.5, 0.6) is 5.75 Å². The van der Waals surface area contributed by atoms with Crippen molar-refractivity contribution in [1.29, 1.82) is 0 Å². The van der Waals surface area contributed by atoms with E-state index in [1.807, 2.05) is 12.1 Å². The monoisotopic (exact) mass is 334 g/mol. The van der Waals surface area contributed by atoms with Gasteiger partial charge in [-0.05, 0) is 43.4 Å². The molecule has 4 heteroatoms. The average Bonchev–Trinajstić information content (AvgIpc) is 2.61. The largest absolute Gasteiger partial charge is 0.468 e. The lowest BCUT2D eigenvalue weighted by Crippen LogP contribution is -2.28. The third kappa shape index (κ3) is 5.82. The summed E-state index contributed by atoms with van der Waals surface area (Å²) in [7, 11) is 1.61. The molecule has 134 valence electrons. The molecule has 2 atom stereocenters. The molecule has 1 saturated carbocycles. The van der Waals surface area contributed by atoms with Gasteiger partial charge in [0.1, 0.15) is 11.9 Å². The van der Waals surface area contributed by atoms with E-state index >= 15 is 0 Å². The summed E-state index contributed by atoms with van der Waals surface area (Å²) in [5.74, 6) is 1.05.